The number of aliphatic hydroxyl groups is 2. The smallest absolute Gasteiger partial charge is 0.312 e. The molecular formula is C10H12BrNO5. The van der Waals surface area contributed by atoms with E-state index in [2.05, 4.69) is 15.9 Å². The molecule has 0 saturated heterocycles. The summed E-state index contributed by atoms with van der Waals surface area (Å²) >= 11 is 3.16. The summed E-state index contributed by atoms with van der Waals surface area (Å²) in [5.74, 6) is 0.103. The van der Waals surface area contributed by atoms with E-state index in [0.29, 0.717) is 10.0 Å². The molecule has 0 heterocycles. The summed E-state index contributed by atoms with van der Waals surface area (Å²) < 4.78 is 5.74. The number of halogens is 1. The van der Waals surface area contributed by atoms with Gasteiger partial charge in [0.1, 0.15) is 12.7 Å². The zero-order valence-electron chi connectivity index (χ0n) is 9.09. The second-order valence-electron chi connectivity index (χ2n) is 3.48. The summed E-state index contributed by atoms with van der Waals surface area (Å²) in [4.78, 5) is 10.3. The Labute approximate surface area is 106 Å². The minimum Gasteiger partial charge on any atom is -0.484 e. The van der Waals surface area contributed by atoms with Gasteiger partial charge in [0.05, 0.1) is 11.5 Å². The third-order valence-electron chi connectivity index (χ3n) is 2.05. The van der Waals surface area contributed by atoms with Crippen LogP contribution >= 0.6 is 15.9 Å². The van der Waals surface area contributed by atoms with Crippen molar-refractivity contribution in [3.05, 3.63) is 32.3 Å². The van der Waals surface area contributed by atoms with E-state index < -0.39 is 17.6 Å². The van der Waals surface area contributed by atoms with E-state index in [1.807, 2.05) is 0 Å². The van der Waals surface area contributed by atoms with Crippen molar-refractivity contribution in [1.82, 2.24) is 0 Å². The van der Waals surface area contributed by atoms with Crippen LogP contribution in [0.25, 0.3) is 0 Å². The predicted octanol–water partition coefficient (Wildman–Crippen LogP) is 1.40. The van der Waals surface area contributed by atoms with Crippen LogP contribution in [0, 0.1) is 17.0 Å². The first kappa shape index (κ1) is 13.9. The van der Waals surface area contributed by atoms with Gasteiger partial charge in [-0.05, 0) is 18.6 Å². The highest BCUT2D eigenvalue weighted by Gasteiger charge is 2.19. The van der Waals surface area contributed by atoms with Gasteiger partial charge in [0.15, 0.2) is 5.75 Å². The Hall–Kier alpha value is -1.18. The average molecular weight is 306 g/mol. The van der Waals surface area contributed by atoms with Gasteiger partial charge >= 0.3 is 5.69 Å². The fourth-order valence-electron chi connectivity index (χ4n) is 1.27. The molecular weight excluding hydrogens is 294 g/mol. The van der Waals surface area contributed by atoms with Gasteiger partial charge in [-0.1, -0.05) is 15.9 Å². The zero-order valence-corrected chi connectivity index (χ0v) is 10.7. The molecule has 2 N–H and O–H groups in total. The van der Waals surface area contributed by atoms with Crippen LogP contribution in [0.5, 0.6) is 5.75 Å². The topological polar surface area (TPSA) is 92.8 Å². The summed E-state index contributed by atoms with van der Waals surface area (Å²) in [6.07, 6.45) is -1.06. The summed E-state index contributed by atoms with van der Waals surface area (Å²) in [6, 6.07) is 3.00. The molecule has 0 aromatic heterocycles. The summed E-state index contributed by atoms with van der Waals surface area (Å²) in [5, 5.41) is 28.6. The van der Waals surface area contributed by atoms with Crippen molar-refractivity contribution in [2.75, 3.05) is 13.2 Å². The highest BCUT2D eigenvalue weighted by atomic mass is 79.9. The van der Waals surface area contributed by atoms with Crippen LogP contribution < -0.4 is 4.74 Å². The van der Waals surface area contributed by atoms with E-state index in [0.717, 1.165) is 0 Å². The second-order valence-corrected chi connectivity index (χ2v) is 4.39. The predicted molar refractivity (Wildman–Crippen MR) is 64.1 cm³/mol. The lowest BCUT2D eigenvalue weighted by molar-refractivity contribution is -0.386. The van der Waals surface area contributed by atoms with Crippen LogP contribution in [0.2, 0.25) is 0 Å². The normalized spacial score (nSPS) is 12.2. The van der Waals surface area contributed by atoms with Gasteiger partial charge < -0.3 is 14.9 Å². The van der Waals surface area contributed by atoms with Crippen LogP contribution in [0.3, 0.4) is 0 Å². The first-order chi connectivity index (χ1) is 7.95. The Morgan fingerprint density at radius 2 is 2.24 bits per heavy atom. The molecule has 7 heteroatoms. The molecule has 1 atom stereocenters. The van der Waals surface area contributed by atoms with Crippen LogP contribution in [-0.4, -0.2) is 34.5 Å². The molecule has 1 aromatic rings. The fraction of sp³-hybridized carbons (Fsp3) is 0.400. The minimum atomic E-state index is -1.06. The van der Waals surface area contributed by atoms with Gasteiger partial charge in [0.2, 0.25) is 0 Å². The highest BCUT2D eigenvalue weighted by molar-refractivity contribution is 9.10. The first-order valence-corrected chi connectivity index (χ1v) is 5.61. The van der Waals surface area contributed by atoms with Crippen LogP contribution in [0.4, 0.5) is 5.69 Å². The Morgan fingerprint density at radius 1 is 1.59 bits per heavy atom. The molecule has 1 unspecified atom stereocenters. The lowest BCUT2D eigenvalue weighted by Crippen LogP contribution is -2.21. The maximum absolute atomic E-state index is 10.8. The van der Waals surface area contributed by atoms with Gasteiger partial charge in [-0.2, -0.15) is 0 Å². The van der Waals surface area contributed by atoms with Gasteiger partial charge in [0, 0.05) is 10.5 Å². The number of benzene rings is 1. The number of nitro groups is 1. The first-order valence-electron chi connectivity index (χ1n) is 4.82. The molecule has 0 fully saturated rings. The number of ether oxygens (including phenoxy) is 1. The van der Waals surface area contributed by atoms with Crippen molar-refractivity contribution in [2.24, 2.45) is 0 Å². The molecule has 17 heavy (non-hydrogen) atoms. The minimum absolute atomic E-state index is 0.103. The lowest BCUT2D eigenvalue weighted by Gasteiger charge is -2.12. The maximum Gasteiger partial charge on any atom is 0.312 e. The molecule has 0 aliphatic rings. The number of aryl methyl sites for hydroxylation is 1. The Kier molecular flexibility index (Phi) is 4.86. The van der Waals surface area contributed by atoms with E-state index in [9.17, 15) is 10.1 Å². The van der Waals surface area contributed by atoms with E-state index in [1.54, 1.807) is 13.0 Å². The van der Waals surface area contributed by atoms with E-state index >= 15 is 0 Å². The SMILES string of the molecule is Cc1cc(Br)cc([N+](=O)[O-])c1OCC(O)CO. The summed E-state index contributed by atoms with van der Waals surface area (Å²) in [5.41, 5.74) is 0.401. The Bertz CT molecular complexity index is 423. The number of nitro benzene ring substituents is 1. The van der Waals surface area contributed by atoms with E-state index in [1.165, 1.54) is 6.07 Å². The Morgan fingerprint density at radius 3 is 2.76 bits per heavy atom. The Balaban J connectivity index is 3.00. The summed E-state index contributed by atoms with van der Waals surface area (Å²) in [7, 11) is 0. The molecule has 0 aliphatic carbocycles. The third-order valence-corrected chi connectivity index (χ3v) is 2.51. The van der Waals surface area contributed by atoms with Crippen LogP contribution in [0.1, 0.15) is 5.56 Å². The van der Waals surface area contributed by atoms with Gasteiger partial charge in [-0.3, -0.25) is 10.1 Å². The molecule has 0 radical (unpaired) electrons. The largest absolute Gasteiger partial charge is 0.484 e. The van der Waals surface area contributed by atoms with Crippen molar-refractivity contribution in [2.45, 2.75) is 13.0 Å². The van der Waals surface area contributed by atoms with Crippen LogP contribution in [-0.2, 0) is 0 Å². The van der Waals surface area contributed by atoms with E-state index in [4.69, 9.17) is 14.9 Å². The number of hydrogen-bond acceptors (Lipinski definition) is 5. The van der Waals surface area contributed by atoms with Crippen molar-refractivity contribution in [3.63, 3.8) is 0 Å². The molecule has 0 aliphatic heterocycles. The molecule has 0 saturated carbocycles. The standard InChI is InChI=1S/C10H12BrNO5/c1-6-2-7(11)3-9(12(15)16)10(6)17-5-8(14)4-13/h2-3,8,13-14H,4-5H2,1H3. The van der Waals surface area contributed by atoms with Crippen LogP contribution in [0.15, 0.2) is 16.6 Å². The quantitative estimate of drug-likeness (QED) is 0.633. The van der Waals surface area contributed by atoms with Crippen molar-refractivity contribution >= 4 is 21.6 Å². The average Bonchev–Trinajstić information content (AvgIpc) is 2.26. The molecule has 1 aromatic carbocycles. The number of aliphatic hydroxyl groups excluding tert-OH is 2. The number of rotatable bonds is 5. The second kappa shape index (κ2) is 5.95. The van der Waals surface area contributed by atoms with Gasteiger partial charge in [-0.25, -0.2) is 0 Å². The number of nitrogens with zero attached hydrogens (tertiary/aromatic N) is 1. The molecule has 1 rings (SSSR count). The maximum atomic E-state index is 10.8. The molecule has 0 amide bonds. The van der Waals surface area contributed by atoms with Gasteiger partial charge in [-0.15, -0.1) is 0 Å². The highest BCUT2D eigenvalue weighted by Crippen LogP contribution is 2.34. The lowest BCUT2D eigenvalue weighted by atomic mass is 10.2. The van der Waals surface area contributed by atoms with Crippen molar-refractivity contribution in [1.29, 1.82) is 0 Å². The van der Waals surface area contributed by atoms with Crippen molar-refractivity contribution < 1.29 is 19.9 Å². The fourth-order valence-corrected chi connectivity index (χ4v) is 1.83. The molecule has 6 nitrogen and oxygen atoms in total. The third kappa shape index (κ3) is 3.65. The van der Waals surface area contributed by atoms with Crippen molar-refractivity contribution in [3.8, 4) is 5.75 Å². The zero-order chi connectivity index (χ0) is 13.0. The van der Waals surface area contributed by atoms with E-state index in [-0.39, 0.29) is 18.0 Å². The molecule has 94 valence electrons. The van der Waals surface area contributed by atoms with Gasteiger partial charge in [0.25, 0.3) is 0 Å². The monoisotopic (exact) mass is 305 g/mol. The molecule has 0 bridgehead atoms. The summed E-state index contributed by atoms with van der Waals surface area (Å²) in [6.45, 7) is 1.02. The molecule has 0 spiro atoms. The number of hydrogen-bond donors (Lipinski definition) is 2.